The highest BCUT2D eigenvalue weighted by Crippen LogP contribution is 2.34. The van der Waals surface area contributed by atoms with Crippen molar-refractivity contribution < 1.29 is 0 Å². The fourth-order valence-electron chi connectivity index (χ4n) is 3.23. The van der Waals surface area contributed by atoms with Gasteiger partial charge in [0.25, 0.3) is 0 Å². The summed E-state index contributed by atoms with van der Waals surface area (Å²) < 4.78 is 0. The van der Waals surface area contributed by atoms with E-state index in [0.717, 1.165) is 19.0 Å². The van der Waals surface area contributed by atoms with E-state index in [1.54, 1.807) is 0 Å². The molecule has 0 amide bonds. The molecule has 1 unspecified atom stereocenters. The molecule has 1 aromatic rings. The summed E-state index contributed by atoms with van der Waals surface area (Å²) in [6.07, 6.45) is 7.18. The van der Waals surface area contributed by atoms with Gasteiger partial charge < -0.3 is 5.32 Å². The molecular formula is C17H27N. The highest BCUT2D eigenvalue weighted by Gasteiger charge is 2.21. The number of nitrogens with one attached hydrogen (secondary N) is 1. The Morgan fingerprint density at radius 3 is 2.72 bits per heavy atom. The lowest BCUT2D eigenvalue weighted by Crippen LogP contribution is -2.22. The molecule has 0 radical (unpaired) electrons. The summed E-state index contributed by atoms with van der Waals surface area (Å²) in [6.45, 7) is 6.61. The third-order valence-electron chi connectivity index (χ3n) is 4.25. The standard InChI is InChI=1S/C17H27N/c1-3-18-13-17(12-15-8-4-5-9-15)16-10-6-7-14(2)11-16/h6-7,10-11,15,17-18H,3-5,8-9,12-13H2,1-2H3. The zero-order valence-corrected chi connectivity index (χ0v) is 11.9. The van der Waals surface area contributed by atoms with Gasteiger partial charge in [0, 0.05) is 6.54 Å². The van der Waals surface area contributed by atoms with Gasteiger partial charge in [0.05, 0.1) is 0 Å². The molecule has 0 aliphatic heterocycles. The first kappa shape index (κ1) is 13.6. The first-order chi connectivity index (χ1) is 8.79. The van der Waals surface area contributed by atoms with Gasteiger partial charge in [-0.15, -0.1) is 0 Å². The van der Waals surface area contributed by atoms with Crippen LogP contribution in [-0.2, 0) is 0 Å². The third-order valence-corrected chi connectivity index (χ3v) is 4.25. The first-order valence-corrected chi connectivity index (χ1v) is 7.57. The Kier molecular flexibility index (Phi) is 5.25. The molecule has 1 saturated carbocycles. The summed E-state index contributed by atoms with van der Waals surface area (Å²) in [5, 5.41) is 3.54. The van der Waals surface area contributed by atoms with Gasteiger partial charge in [-0.2, -0.15) is 0 Å². The molecule has 2 rings (SSSR count). The van der Waals surface area contributed by atoms with Crippen molar-refractivity contribution in [3.8, 4) is 0 Å². The summed E-state index contributed by atoms with van der Waals surface area (Å²) >= 11 is 0. The number of aryl methyl sites for hydroxylation is 1. The molecule has 1 atom stereocenters. The van der Waals surface area contributed by atoms with Crippen molar-refractivity contribution in [3.05, 3.63) is 35.4 Å². The monoisotopic (exact) mass is 245 g/mol. The summed E-state index contributed by atoms with van der Waals surface area (Å²) in [5.41, 5.74) is 2.92. The molecule has 0 saturated heterocycles. The van der Waals surface area contributed by atoms with Crippen LogP contribution in [0.25, 0.3) is 0 Å². The van der Waals surface area contributed by atoms with E-state index in [-0.39, 0.29) is 0 Å². The van der Waals surface area contributed by atoms with Crippen molar-refractivity contribution in [2.24, 2.45) is 5.92 Å². The van der Waals surface area contributed by atoms with E-state index < -0.39 is 0 Å². The fraction of sp³-hybridized carbons (Fsp3) is 0.647. The lowest BCUT2D eigenvalue weighted by molar-refractivity contribution is 0.430. The smallest absolute Gasteiger partial charge is 0.00201 e. The van der Waals surface area contributed by atoms with Crippen molar-refractivity contribution in [2.45, 2.75) is 51.9 Å². The van der Waals surface area contributed by atoms with E-state index in [1.165, 1.54) is 43.2 Å². The molecule has 1 aliphatic rings. The molecule has 1 nitrogen and oxygen atoms in total. The van der Waals surface area contributed by atoms with E-state index in [9.17, 15) is 0 Å². The molecule has 1 fully saturated rings. The molecule has 0 bridgehead atoms. The molecule has 18 heavy (non-hydrogen) atoms. The Balaban J connectivity index is 2.03. The van der Waals surface area contributed by atoms with Crippen LogP contribution in [0, 0.1) is 12.8 Å². The van der Waals surface area contributed by atoms with Crippen molar-refractivity contribution in [1.29, 1.82) is 0 Å². The lowest BCUT2D eigenvalue weighted by atomic mass is 9.87. The van der Waals surface area contributed by atoms with Crippen LogP contribution in [0.2, 0.25) is 0 Å². The van der Waals surface area contributed by atoms with Crippen LogP contribution in [0.15, 0.2) is 24.3 Å². The fourth-order valence-corrected chi connectivity index (χ4v) is 3.23. The molecule has 0 heterocycles. The van der Waals surface area contributed by atoms with Crippen molar-refractivity contribution in [3.63, 3.8) is 0 Å². The molecule has 0 spiro atoms. The maximum Gasteiger partial charge on any atom is 0.00201 e. The van der Waals surface area contributed by atoms with Crippen molar-refractivity contribution in [2.75, 3.05) is 13.1 Å². The van der Waals surface area contributed by atoms with Gasteiger partial charge in [-0.1, -0.05) is 62.4 Å². The van der Waals surface area contributed by atoms with Gasteiger partial charge in [-0.25, -0.2) is 0 Å². The minimum absolute atomic E-state index is 0.702. The topological polar surface area (TPSA) is 12.0 Å². The van der Waals surface area contributed by atoms with Gasteiger partial charge in [-0.05, 0) is 37.3 Å². The van der Waals surface area contributed by atoms with Gasteiger partial charge >= 0.3 is 0 Å². The van der Waals surface area contributed by atoms with Crippen LogP contribution < -0.4 is 5.32 Å². The normalized spacial score (nSPS) is 18.1. The second-order valence-corrected chi connectivity index (χ2v) is 5.80. The average molecular weight is 245 g/mol. The van der Waals surface area contributed by atoms with Crippen molar-refractivity contribution in [1.82, 2.24) is 5.32 Å². The van der Waals surface area contributed by atoms with Gasteiger partial charge in [0.15, 0.2) is 0 Å². The Hall–Kier alpha value is -0.820. The van der Waals surface area contributed by atoms with Gasteiger partial charge in [0.2, 0.25) is 0 Å². The summed E-state index contributed by atoms with van der Waals surface area (Å²) in [7, 11) is 0. The second kappa shape index (κ2) is 6.94. The van der Waals surface area contributed by atoms with E-state index in [4.69, 9.17) is 0 Å². The highest BCUT2D eigenvalue weighted by molar-refractivity contribution is 5.26. The largest absolute Gasteiger partial charge is 0.316 e. The Bertz CT molecular complexity index is 352. The average Bonchev–Trinajstić information content (AvgIpc) is 2.87. The number of hydrogen-bond acceptors (Lipinski definition) is 1. The van der Waals surface area contributed by atoms with Crippen LogP contribution in [0.3, 0.4) is 0 Å². The van der Waals surface area contributed by atoms with E-state index in [2.05, 4.69) is 43.4 Å². The number of likely N-dealkylation sites (N-methyl/N-ethyl adjacent to an activating group) is 1. The van der Waals surface area contributed by atoms with Crippen LogP contribution in [0.4, 0.5) is 0 Å². The molecule has 100 valence electrons. The molecule has 1 aliphatic carbocycles. The van der Waals surface area contributed by atoms with Crippen LogP contribution in [0.1, 0.15) is 56.1 Å². The highest BCUT2D eigenvalue weighted by atomic mass is 14.8. The van der Waals surface area contributed by atoms with E-state index in [1.807, 2.05) is 0 Å². The maximum atomic E-state index is 3.54. The minimum atomic E-state index is 0.702. The number of benzene rings is 1. The minimum Gasteiger partial charge on any atom is -0.316 e. The second-order valence-electron chi connectivity index (χ2n) is 5.80. The van der Waals surface area contributed by atoms with Crippen molar-refractivity contribution >= 4 is 0 Å². The van der Waals surface area contributed by atoms with E-state index in [0.29, 0.717) is 5.92 Å². The van der Waals surface area contributed by atoms with Crippen LogP contribution in [0.5, 0.6) is 0 Å². The summed E-state index contributed by atoms with van der Waals surface area (Å²) in [5.74, 6) is 1.67. The lowest BCUT2D eigenvalue weighted by Gasteiger charge is -2.21. The molecule has 1 N–H and O–H groups in total. The number of hydrogen-bond donors (Lipinski definition) is 1. The summed E-state index contributed by atoms with van der Waals surface area (Å²) in [4.78, 5) is 0. The Morgan fingerprint density at radius 2 is 2.06 bits per heavy atom. The predicted molar refractivity (Wildman–Crippen MR) is 79.0 cm³/mol. The SMILES string of the molecule is CCNCC(CC1CCCC1)c1cccc(C)c1. The maximum absolute atomic E-state index is 3.54. The Labute approximate surface area is 112 Å². The van der Waals surface area contributed by atoms with Crippen LogP contribution in [-0.4, -0.2) is 13.1 Å². The van der Waals surface area contributed by atoms with Gasteiger partial charge in [0.1, 0.15) is 0 Å². The van der Waals surface area contributed by atoms with Gasteiger partial charge in [-0.3, -0.25) is 0 Å². The summed E-state index contributed by atoms with van der Waals surface area (Å²) in [6, 6.07) is 9.09. The molecule has 1 aromatic carbocycles. The zero-order valence-electron chi connectivity index (χ0n) is 11.9. The van der Waals surface area contributed by atoms with Crippen LogP contribution >= 0.6 is 0 Å². The quantitative estimate of drug-likeness (QED) is 0.789. The molecular weight excluding hydrogens is 218 g/mol. The predicted octanol–water partition coefficient (Wildman–Crippen LogP) is 4.27. The first-order valence-electron chi connectivity index (χ1n) is 7.57. The Morgan fingerprint density at radius 1 is 1.28 bits per heavy atom. The number of rotatable bonds is 6. The zero-order chi connectivity index (χ0) is 12.8. The molecule has 1 heteroatoms. The molecule has 0 aromatic heterocycles. The van der Waals surface area contributed by atoms with E-state index >= 15 is 0 Å². The third kappa shape index (κ3) is 3.84.